The number of anilines is 1. The molecule has 2 aliphatic heterocycles. The highest BCUT2D eigenvalue weighted by Gasteiger charge is 2.29. The van der Waals surface area contributed by atoms with E-state index in [0.29, 0.717) is 68.3 Å². The summed E-state index contributed by atoms with van der Waals surface area (Å²) in [5.74, 6) is -0.548. The summed E-state index contributed by atoms with van der Waals surface area (Å²) in [6.45, 7) is 3.62. The first-order valence-corrected chi connectivity index (χ1v) is 12.3. The van der Waals surface area contributed by atoms with Crippen LogP contribution >= 0.6 is 11.6 Å². The smallest absolute Gasteiger partial charge is 0.252 e. The van der Waals surface area contributed by atoms with Crippen molar-refractivity contribution in [2.45, 2.75) is 38.8 Å². The second-order valence-corrected chi connectivity index (χ2v) is 9.27. The van der Waals surface area contributed by atoms with E-state index in [4.69, 9.17) is 31.0 Å². The first-order valence-electron chi connectivity index (χ1n) is 11.9. The van der Waals surface area contributed by atoms with E-state index in [1.165, 1.54) is 32.4 Å². The van der Waals surface area contributed by atoms with Crippen LogP contribution in [-0.4, -0.2) is 63.6 Å². The number of rotatable bonds is 5. The number of fused-ring (bicyclic) bond motifs is 1. The highest BCUT2D eigenvalue weighted by Crippen LogP contribution is 2.33. The third kappa shape index (κ3) is 5.27. The molecule has 0 N–H and O–H groups in total. The molecule has 0 radical (unpaired) electrons. The topological polar surface area (TPSA) is 93.6 Å². The van der Waals surface area contributed by atoms with Gasteiger partial charge in [0.25, 0.3) is 5.88 Å². The summed E-state index contributed by atoms with van der Waals surface area (Å²) in [5, 5.41) is 0.132. The molecular formula is C25H25ClF2N6O3. The van der Waals surface area contributed by atoms with Gasteiger partial charge in [-0.15, -0.1) is 0 Å². The van der Waals surface area contributed by atoms with Gasteiger partial charge in [0.15, 0.2) is 22.5 Å². The minimum atomic E-state index is -0.722. The van der Waals surface area contributed by atoms with Crippen molar-refractivity contribution in [3.63, 3.8) is 0 Å². The Morgan fingerprint density at radius 1 is 1.11 bits per heavy atom. The normalized spacial score (nSPS) is 15.9. The predicted molar refractivity (Wildman–Crippen MR) is 132 cm³/mol. The fourth-order valence-corrected chi connectivity index (χ4v) is 4.69. The average molecular weight is 531 g/mol. The van der Waals surface area contributed by atoms with Gasteiger partial charge in [-0.2, -0.15) is 0 Å². The monoisotopic (exact) mass is 530 g/mol. The van der Waals surface area contributed by atoms with Crippen LogP contribution in [0.5, 0.6) is 11.6 Å². The van der Waals surface area contributed by atoms with Crippen LogP contribution < -0.4 is 14.4 Å². The number of halogens is 3. The maximum Gasteiger partial charge on any atom is 0.252 e. The zero-order valence-corrected chi connectivity index (χ0v) is 21.1. The van der Waals surface area contributed by atoms with Gasteiger partial charge in [-0.3, -0.25) is 4.79 Å². The highest BCUT2D eigenvalue weighted by atomic mass is 35.5. The van der Waals surface area contributed by atoms with E-state index in [-0.39, 0.29) is 28.8 Å². The van der Waals surface area contributed by atoms with Crippen molar-refractivity contribution in [3.8, 4) is 23.0 Å². The molecule has 5 rings (SSSR count). The zero-order chi connectivity index (χ0) is 26.1. The third-order valence-corrected chi connectivity index (χ3v) is 6.76. The lowest BCUT2D eigenvalue weighted by atomic mass is 10.1. The van der Waals surface area contributed by atoms with E-state index in [9.17, 15) is 13.6 Å². The number of carbonyl (C=O) groups excluding carboxylic acids is 1. The zero-order valence-electron chi connectivity index (χ0n) is 20.4. The predicted octanol–water partition coefficient (Wildman–Crippen LogP) is 3.83. The minimum Gasteiger partial charge on any atom is -0.487 e. The number of hydrogen-bond acceptors (Lipinski definition) is 8. The molecule has 4 heterocycles. The van der Waals surface area contributed by atoms with E-state index >= 15 is 0 Å². The van der Waals surface area contributed by atoms with Crippen LogP contribution in [0.3, 0.4) is 0 Å². The molecule has 1 aromatic carbocycles. The first-order chi connectivity index (χ1) is 17.8. The SMILES string of the molecule is COc1nc(-c2nc3c(nc2N2CCC(Oc4ccc(F)cc4F)CC2)CCN(C(C)=O)C3)cnc1Cl. The van der Waals surface area contributed by atoms with Gasteiger partial charge in [0, 0.05) is 51.9 Å². The second kappa shape index (κ2) is 10.4. The van der Waals surface area contributed by atoms with E-state index in [0.717, 1.165) is 11.8 Å². The molecule has 1 saturated heterocycles. The number of ether oxygens (including phenoxy) is 2. The molecule has 0 atom stereocenters. The second-order valence-electron chi connectivity index (χ2n) is 8.91. The van der Waals surface area contributed by atoms with Crippen molar-refractivity contribution >= 4 is 23.3 Å². The summed E-state index contributed by atoms with van der Waals surface area (Å²) in [5.41, 5.74) is 2.49. The summed E-state index contributed by atoms with van der Waals surface area (Å²) < 4.78 is 38.4. The van der Waals surface area contributed by atoms with Crippen LogP contribution in [0, 0.1) is 11.6 Å². The van der Waals surface area contributed by atoms with Crippen molar-refractivity contribution in [2.75, 3.05) is 31.6 Å². The molecule has 1 amide bonds. The van der Waals surface area contributed by atoms with Crippen molar-refractivity contribution in [3.05, 3.63) is 52.6 Å². The average Bonchev–Trinajstić information content (AvgIpc) is 2.90. The summed E-state index contributed by atoms with van der Waals surface area (Å²) in [6.07, 6.45) is 3.08. The summed E-state index contributed by atoms with van der Waals surface area (Å²) in [7, 11) is 1.46. The maximum absolute atomic E-state index is 14.1. The third-order valence-electron chi connectivity index (χ3n) is 6.50. The fraction of sp³-hybridized carbons (Fsp3) is 0.400. The van der Waals surface area contributed by atoms with Crippen LogP contribution in [0.15, 0.2) is 24.4 Å². The number of methoxy groups -OCH3 is 1. The lowest BCUT2D eigenvalue weighted by Gasteiger charge is -2.35. The van der Waals surface area contributed by atoms with E-state index in [1.807, 2.05) is 0 Å². The first kappa shape index (κ1) is 25.1. The summed E-state index contributed by atoms with van der Waals surface area (Å²) in [4.78, 5) is 34.3. The van der Waals surface area contributed by atoms with Gasteiger partial charge in [0.1, 0.15) is 23.3 Å². The summed E-state index contributed by atoms with van der Waals surface area (Å²) >= 11 is 6.09. The Hall–Kier alpha value is -3.60. The Morgan fingerprint density at radius 2 is 1.89 bits per heavy atom. The van der Waals surface area contributed by atoms with Crippen LogP contribution in [0.25, 0.3) is 11.4 Å². The Balaban J connectivity index is 1.43. The van der Waals surface area contributed by atoms with Gasteiger partial charge in [-0.1, -0.05) is 11.6 Å². The number of hydrogen-bond donors (Lipinski definition) is 0. The molecule has 1 fully saturated rings. The number of amides is 1. The number of aromatic nitrogens is 4. The van der Waals surface area contributed by atoms with Gasteiger partial charge >= 0.3 is 0 Å². The minimum absolute atomic E-state index is 0.0225. The van der Waals surface area contributed by atoms with E-state index < -0.39 is 11.6 Å². The van der Waals surface area contributed by atoms with Crippen LogP contribution in [-0.2, 0) is 17.8 Å². The number of nitrogens with zero attached hydrogens (tertiary/aromatic N) is 6. The number of piperidine rings is 1. The van der Waals surface area contributed by atoms with Gasteiger partial charge in [0.05, 0.1) is 31.2 Å². The number of carbonyl (C=O) groups is 1. The molecule has 194 valence electrons. The molecule has 0 aliphatic carbocycles. The van der Waals surface area contributed by atoms with Crippen molar-refractivity contribution < 1.29 is 23.0 Å². The molecule has 0 bridgehead atoms. The van der Waals surface area contributed by atoms with E-state index in [1.54, 1.807) is 4.90 Å². The quantitative estimate of drug-likeness (QED) is 0.491. The molecule has 9 nitrogen and oxygen atoms in total. The highest BCUT2D eigenvalue weighted by molar-refractivity contribution is 6.30. The largest absolute Gasteiger partial charge is 0.487 e. The maximum atomic E-state index is 14.1. The van der Waals surface area contributed by atoms with Crippen molar-refractivity contribution in [1.29, 1.82) is 0 Å². The van der Waals surface area contributed by atoms with Gasteiger partial charge in [-0.25, -0.2) is 28.7 Å². The van der Waals surface area contributed by atoms with E-state index in [2.05, 4.69) is 14.9 Å². The van der Waals surface area contributed by atoms with Crippen molar-refractivity contribution in [2.24, 2.45) is 0 Å². The molecule has 0 spiro atoms. The Labute approximate surface area is 217 Å². The van der Waals surface area contributed by atoms with Crippen LogP contribution in [0.2, 0.25) is 5.15 Å². The lowest BCUT2D eigenvalue weighted by molar-refractivity contribution is -0.129. The Morgan fingerprint density at radius 3 is 2.59 bits per heavy atom. The molecule has 37 heavy (non-hydrogen) atoms. The molecule has 0 saturated carbocycles. The molecule has 0 unspecified atom stereocenters. The van der Waals surface area contributed by atoms with Gasteiger partial charge in [0.2, 0.25) is 5.91 Å². The molecular weight excluding hydrogens is 506 g/mol. The Kier molecular flexibility index (Phi) is 7.05. The van der Waals surface area contributed by atoms with Crippen LogP contribution in [0.1, 0.15) is 31.2 Å². The lowest BCUT2D eigenvalue weighted by Crippen LogP contribution is -2.40. The molecule has 3 aromatic rings. The summed E-state index contributed by atoms with van der Waals surface area (Å²) in [6, 6.07) is 3.30. The standard InChI is InChI=1S/C25H25ClF2N6O3/c1-14(35)34-10-7-18-20(13-34)30-22(19-12-29-23(26)25(32-19)36-2)24(31-18)33-8-5-16(6-9-33)37-21-4-3-15(27)11-17(21)28/h3-4,11-12,16H,5-10,13H2,1-2H3. The Bertz CT molecular complexity index is 1340. The van der Waals surface area contributed by atoms with Gasteiger partial charge in [-0.05, 0) is 12.1 Å². The molecule has 12 heteroatoms. The van der Waals surface area contributed by atoms with Crippen molar-refractivity contribution in [1.82, 2.24) is 24.8 Å². The fourth-order valence-electron chi connectivity index (χ4n) is 4.52. The van der Waals surface area contributed by atoms with Gasteiger partial charge < -0.3 is 19.3 Å². The molecule has 2 aliphatic rings. The molecule has 2 aromatic heterocycles. The van der Waals surface area contributed by atoms with Crippen LogP contribution in [0.4, 0.5) is 14.6 Å². The number of benzene rings is 1.